The minimum absolute atomic E-state index is 0.0379. The van der Waals surface area contributed by atoms with Crippen molar-refractivity contribution < 1.29 is 13.2 Å². The molecule has 2 rings (SSSR count). The molecule has 1 aromatic rings. The van der Waals surface area contributed by atoms with Crippen LogP contribution < -0.4 is 0 Å². The molecule has 0 N–H and O–H groups in total. The number of sulfone groups is 1. The van der Waals surface area contributed by atoms with E-state index >= 15 is 0 Å². The maximum absolute atomic E-state index is 12.5. The van der Waals surface area contributed by atoms with Crippen LogP contribution >= 0.6 is 15.9 Å². The summed E-state index contributed by atoms with van der Waals surface area (Å²) >= 11 is 3.23. The molecular weight excluding hydrogens is 368 g/mol. The predicted molar refractivity (Wildman–Crippen MR) is 87.4 cm³/mol. The van der Waals surface area contributed by atoms with Crippen molar-refractivity contribution in [1.82, 2.24) is 4.90 Å². The number of carbonyl (C=O) groups excluding carboxylic acids is 1. The van der Waals surface area contributed by atoms with Crippen molar-refractivity contribution in [3.8, 4) is 0 Å². The van der Waals surface area contributed by atoms with Crippen molar-refractivity contribution in [3.05, 3.63) is 34.1 Å². The molecule has 0 aromatic heterocycles. The zero-order valence-corrected chi connectivity index (χ0v) is 14.7. The van der Waals surface area contributed by atoms with Gasteiger partial charge >= 0.3 is 0 Å². The molecule has 5 nitrogen and oxygen atoms in total. The number of halogens is 1. The van der Waals surface area contributed by atoms with Gasteiger partial charge in [0.2, 0.25) is 11.6 Å². The van der Waals surface area contributed by atoms with Crippen LogP contribution in [-0.2, 0) is 14.6 Å². The SMILES string of the molecule is [C-]#[N+]c1cc(S(=O)(=O)CC2CCN(C(C)=O)CC2)ccc1Br. The number of amides is 1. The highest BCUT2D eigenvalue weighted by Crippen LogP contribution is 2.30. The lowest BCUT2D eigenvalue weighted by molar-refractivity contribution is -0.130. The lowest BCUT2D eigenvalue weighted by Crippen LogP contribution is -2.38. The molecule has 22 heavy (non-hydrogen) atoms. The molecule has 1 aromatic carbocycles. The van der Waals surface area contributed by atoms with Crippen molar-refractivity contribution in [2.75, 3.05) is 18.8 Å². The second-order valence-corrected chi connectivity index (χ2v) is 8.34. The van der Waals surface area contributed by atoms with Gasteiger partial charge in [0.1, 0.15) is 0 Å². The van der Waals surface area contributed by atoms with Crippen molar-refractivity contribution in [2.45, 2.75) is 24.7 Å². The summed E-state index contributed by atoms with van der Waals surface area (Å²) in [7, 11) is -3.41. The molecule has 7 heteroatoms. The van der Waals surface area contributed by atoms with E-state index < -0.39 is 9.84 Å². The van der Waals surface area contributed by atoms with Gasteiger partial charge in [0.05, 0.1) is 17.2 Å². The minimum atomic E-state index is -3.41. The van der Waals surface area contributed by atoms with Crippen molar-refractivity contribution in [3.63, 3.8) is 0 Å². The van der Waals surface area contributed by atoms with Gasteiger partial charge < -0.3 is 4.90 Å². The van der Waals surface area contributed by atoms with Gasteiger partial charge in [0, 0.05) is 24.5 Å². The second kappa shape index (κ2) is 6.80. The Bertz CT molecular complexity index is 717. The van der Waals surface area contributed by atoms with Gasteiger partial charge in [0.15, 0.2) is 9.84 Å². The quantitative estimate of drug-likeness (QED) is 0.752. The Kier molecular flexibility index (Phi) is 5.24. The molecule has 1 fully saturated rings. The Morgan fingerprint density at radius 1 is 1.41 bits per heavy atom. The van der Waals surface area contributed by atoms with Crippen LogP contribution in [0.3, 0.4) is 0 Å². The van der Waals surface area contributed by atoms with Crippen LogP contribution in [0.4, 0.5) is 5.69 Å². The molecule has 1 aliphatic rings. The number of hydrogen-bond acceptors (Lipinski definition) is 3. The van der Waals surface area contributed by atoms with Crippen molar-refractivity contribution in [2.24, 2.45) is 5.92 Å². The summed E-state index contributed by atoms with van der Waals surface area (Å²) in [4.78, 5) is 16.5. The Balaban J connectivity index is 2.09. The summed E-state index contributed by atoms with van der Waals surface area (Å²) in [5.74, 6) is 0.161. The molecule has 0 atom stereocenters. The zero-order valence-electron chi connectivity index (χ0n) is 12.3. The number of piperidine rings is 1. The van der Waals surface area contributed by atoms with E-state index in [1.807, 2.05) is 0 Å². The van der Waals surface area contributed by atoms with E-state index in [2.05, 4.69) is 20.8 Å². The molecule has 1 aliphatic heterocycles. The highest BCUT2D eigenvalue weighted by Gasteiger charge is 2.26. The monoisotopic (exact) mass is 384 g/mol. The molecule has 1 heterocycles. The van der Waals surface area contributed by atoms with Gasteiger partial charge in [-0.1, -0.05) is 22.0 Å². The van der Waals surface area contributed by atoms with Crippen LogP contribution in [0.25, 0.3) is 4.85 Å². The third kappa shape index (κ3) is 3.87. The molecule has 0 saturated carbocycles. The third-order valence-corrected chi connectivity index (χ3v) is 6.47. The largest absolute Gasteiger partial charge is 0.343 e. The Labute approximate surface area is 139 Å². The Morgan fingerprint density at radius 2 is 2.05 bits per heavy atom. The molecule has 1 amide bonds. The number of hydrogen-bond donors (Lipinski definition) is 0. The summed E-state index contributed by atoms with van der Waals surface area (Å²) in [5.41, 5.74) is 0.299. The lowest BCUT2D eigenvalue weighted by atomic mass is 9.99. The van der Waals surface area contributed by atoms with Crippen molar-refractivity contribution >= 4 is 37.4 Å². The molecule has 0 spiro atoms. The Hall–Kier alpha value is -1.39. The second-order valence-electron chi connectivity index (χ2n) is 5.46. The molecule has 0 bridgehead atoms. The van der Waals surface area contributed by atoms with E-state index in [-0.39, 0.29) is 22.5 Å². The lowest BCUT2D eigenvalue weighted by Gasteiger charge is -2.31. The van der Waals surface area contributed by atoms with E-state index in [1.54, 1.807) is 11.0 Å². The fourth-order valence-electron chi connectivity index (χ4n) is 2.59. The molecule has 0 radical (unpaired) electrons. The zero-order chi connectivity index (χ0) is 16.3. The first-order chi connectivity index (χ1) is 10.3. The van der Waals surface area contributed by atoms with E-state index in [0.717, 1.165) is 0 Å². The van der Waals surface area contributed by atoms with E-state index in [9.17, 15) is 13.2 Å². The minimum Gasteiger partial charge on any atom is -0.343 e. The predicted octanol–water partition coefficient (Wildman–Crippen LogP) is 3.03. The summed E-state index contributed by atoms with van der Waals surface area (Å²) in [6.45, 7) is 9.82. The fourth-order valence-corrected chi connectivity index (χ4v) is 4.64. The van der Waals surface area contributed by atoms with Gasteiger partial charge in [-0.15, -0.1) is 0 Å². The summed E-state index contributed by atoms with van der Waals surface area (Å²) in [6.07, 6.45) is 1.40. The summed E-state index contributed by atoms with van der Waals surface area (Å²) < 4.78 is 25.6. The highest BCUT2D eigenvalue weighted by atomic mass is 79.9. The van der Waals surface area contributed by atoms with Crippen molar-refractivity contribution in [1.29, 1.82) is 0 Å². The van der Waals surface area contributed by atoms with Crippen LogP contribution in [0, 0.1) is 12.5 Å². The first-order valence-corrected chi connectivity index (χ1v) is 9.43. The topological polar surface area (TPSA) is 58.8 Å². The molecule has 1 saturated heterocycles. The average molecular weight is 385 g/mol. The van der Waals surface area contributed by atoms with E-state index in [4.69, 9.17) is 6.57 Å². The summed E-state index contributed by atoms with van der Waals surface area (Å²) in [6, 6.07) is 4.54. The molecule has 0 aliphatic carbocycles. The Morgan fingerprint density at radius 3 is 2.59 bits per heavy atom. The smallest absolute Gasteiger partial charge is 0.219 e. The number of carbonyl (C=O) groups is 1. The van der Waals surface area contributed by atoms with Gasteiger partial charge in [-0.3, -0.25) is 4.79 Å². The van der Waals surface area contributed by atoms with Crippen LogP contribution in [0.15, 0.2) is 27.6 Å². The van der Waals surface area contributed by atoms with Crippen LogP contribution in [0.5, 0.6) is 0 Å². The first kappa shape index (κ1) is 17.0. The molecule has 118 valence electrons. The van der Waals surface area contributed by atoms with Gasteiger partial charge in [-0.2, -0.15) is 0 Å². The number of benzene rings is 1. The van der Waals surface area contributed by atoms with Gasteiger partial charge in [0.25, 0.3) is 0 Å². The fraction of sp³-hybridized carbons (Fsp3) is 0.467. The third-order valence-electron chi connectivity index (χ3n) is 3.91. The highest BCUT2D eigenvalue weighted by molar-refractivity contribution is 9.10. The van der Waals surface area contributed by atoms with Crippen LogP contribution in [0.1, 0.15) is 19.8 Å². The van der Waals surface area contributed by atoms with E-state index in [0.29, 0.717) is 36.1 Å². The maximum Gasteiger partial charge on any atom is 0.219 e. The average Bonchev–Trinajstić information content (AvgIpc) is 2.47. The number of likely N-dealkylation sites (tertiary alicyclic amines) is 1. The normalized spacial score (nSPS) is 16.3. The number of nitrogens with zero attached hydrogens (tertiary/aromatic N) is 2. The molecular formula is C15H17BrN2O3S. The standard InChI is InChI=1S/C15H17BrN2O3S/c1-11(19)18-7-5-12(6-8-18)10-22(20,21)13-3-4-14(16)15(9-13)17-2/h3-4,9,12H,5-8,10H2,1H3. The first-order valence-electron chi connectivity index (χ1n) is 6.99. The number of rotatable bonds is 3. The molecule has 0 unspecified atom stereocenters. The summed E-state index contributed by atoms with van der Waals surface area (Å²) in [5, 5.41) is 0. The van der Waals surface area contributed by atoms with Crippen LogP contribution in [0.2, 0.25) is 0 Å². The van der Waals surface area contributed by atoms with Crippen LogP contribution in [-0.4, -0.2) is 38.1 Å². The van der Waals surface area contributed by atoms with E-state index in [1.165, 1.54) is 19.1 Å². The van der Waals surface area contributed by atoms with Gasteiger partial charge in [-0.05, 0) is 30.9 Å². The van der Waals surface area contributed by atoms with Gasteiger partial charge in [-0.25, -0.2) is 13.3 Å². The maximum atomic E-state index is 12.5.